The Bertz CT molecular complexity index is 972. The monoisotopic (exact) mass is 460 g/mol. The van der Waals surface area contributed by atoms with E-state index in [1.54, 1.807) is 29.3 Å². The molecule has 2 N–H and O–H groups in total. The lowest BCUT2D eigenvalue weighted by Crippen LogP contribution is -2.46. The molecule has 0 bridgehead atoms. The Kier molecular flexibility index (Phi) is 6.70. The molecule has 6 nitrogen and oxygen atoms in total. The molecule has 1 unspecified atom stereocenters. The van der Waals surface area contributed by atoms with Gasteiger partial charge in [-0.15, -0.1) is 0 Å². The number of carbonyl (C=O) groups is 1. The first-order valence-corrected chi connectivity index (χ1v) is 11.4. The summed E-state index contributed by atoms with van der Waals surface area (Å²) < 4.78 is 0. The molecule has 0 spiro atoms. The molecular weight excluding hydrogens is 435 g/mol. The zero-order valence-corrected chi connectivity index (χ0v) is 18.9. The van der Waals surface area contributed by atoms with E-state index in [0.717, 1.165) is 31.5 Å². The highest BCUT2D eigenvalue weighted by atomic mass is 35.5. The zero-order chi connectivity index (χ0) is 22.0. The van der Waals surface area contributed by atoms with Crippen LogP contribution in [0.15, 0.2) is 47.6 Å². The van der Waals surface area contributed by atoms with E-state index in [-0.39, 0.29) is 23.6 Å². The molecule has 4 rings (SSSR count). The fourth-order valence-corrected chi connectivity index (χ4v) is 4.73. The van der Waals surface area contributed by atoms with Crippen LogP contribution < -0.4 is 10.4 Å². The molecular formula is C23H26Cl2N4O2. The number of nitrogens with zero attached hydrogens (tertiary/aromatic N) is 3. The van der Waals surface area contributed by atoms with Crippen molar-refractivity contribution in [1.29, 1.82) is 0 Å². The number of hydrogen-bond donors (Lipinski definition) is 2. The van der Waals surface area contributed by atoms with Gasteiger partial charge in [0.2, 0.25) is 0 Å². The molecule has 0 radical (unpaired) electrons. The van der Waals surface area contributed by atoms with E-state index in [1.807, 2.05) is 30.1 Å². The van der Waals surface area contributed by atoms with Gasteiger partial charge >= 0.3 is 0 Å². The topological polar surface area (TPSA) is 68.2 Å². The Hall–Kier alpha value is -2.28. The SMILES string of the molecule is CC1C(C(=O)NN2CCCCCC2)=NN(c2ccc(Cl)cc2Cl)[C@@H]1c1ccc(O)cc1. The van der Waals surface area contributed by atoms with Gasteiger partial charge in [-0.3, -0.25) is 15.2 Å². The lowest BCUT2D eigenvalue weighted by Gasteiger charge is -2.27. The lowest BCUT2D eigenvalue weighted by molar-refractivity contribution is -0.119. The van der Waals surface area contributed by atoms with Crippen LogP contribution >= 0.6 is 23.2 Å². The van der Waals surface area contributed by atoms with Gasteiger partial charge in [0.05, 0.1) is 16.8 Å². The number of hydrogen-bond acceptors (Lipinski definition) is 5. The van der Waals surface area contributed by atoms with Gasteiger partial charge in [-0.2, -0.15) is 5.10 Å². The number of hydrazine groups is 1. The predicted molar refractivity (Wildman–Crippen MR) is 125 cm³/mol. The zero-order valence-electron chi connectivity index (χ0n) is 17.4. The molecule has 164 valence electrons. The number of phenolic OH excluding ortho intramolecular Hbond substituents is 1. The summed E-state index contributed by atoms with van der Waals surface area (Å²) in [7, 11) is 0. The molecule has 0 aliphatic carbocycles. The van der Waals surface area contributed by atoms with Crippen LogP contribution in [0.5, 0.6) is 5.75 Å². The Balaban J connectivity index is 1.66. The molecule has 8 heteroatoms. The van der Waals surface area contributed by atoms with Crippen LogP contribution in [0.2, 0.25) is 10.0 Å². The number of nitrogens with one attached hydrogen (secondary N) is 1. The van der Waals surface area contributed by atoms with Crippen LogP contribution in [0.1, 0.15) is 44.2 Å². The molecule has 31 heavy (non-hydrogen) atoms. The van der Waals surface area contributed by atoms with Gasteiger partial charge in [0.15, 0.2) is 0 Å². The van der Waals surface area contributed by atoms with E-state index < -0.39 is 0 Å². The number of anilines is 1. The Morgan fingerprint density at radius 2 is 1.74 bits per heavy atom. The summed E-state index contributed by atoms with van der Waals surface area (Å²) in [5, 5.41) is 19.2. The summed E-state index contributed by atoms with van der Waals surface area (Å²) in [6.07, 6.45) is 4.53. The number of aromatic hydroxyl groups is 1. The van der Waals surface area contributed by atoms with Crippen molar-refractivity contribution < 1.29 is 9.90 Å². The van der Waals surface area contributed by atoms with E-state index in [4.69, 9.17) is 28.3 Å². The molecule has 0 saturated carbocycles. The Morgan fingerprint density at radius 3 is 2.39 bits per heavy atom. The van der Waals surface area contributed by atoms with Gasteiger partial charge in [-0.1, -0.05) is 55.1 Å². The van der Waals surface area contributed by atoms with Crippen molar-refractivity contribution in [3.8, 4) is 5.75 Å². The third-order valence-corrected chi connectivity index (χ3v) is 6.41. The average molecular weight is 461 g/mol. The Labute approximate surface area is 192 Å². The van der Waals surface area contributed by atoms with E-state index in [9.17, 15) is 9.90 Å². The number of rotatable bonds is 4. The standard InChI is InChI=1S/C23H26Cl2N4O2/c1-15-21(23(31)27-28-12-4-2-3-5-13-28)26-29(20-11-8-17(24)14-19(20)25)22(15)16-6-9-18(30)10-7-16/h6-11,14-15,22,30H,2-5,12-13H2,1H3,(H,27,31)/t15?,22-/m0/s1. The smallest absolute Gasteiger partial charge is 0.282 e. The van der Waals surface area contributed by atoms with Gasteiger partial charge in [-0.25, -0.2) is 5.01 Å². The number of halogens is 2. The molecule has 1 saturated heterocycles. The molecule has 1 amide bonds. The van der Waals surface area contributed by atoms with Gasteiger partial charge in [-0.05, 0) is 48.7 Å². The summed E-state index contributed by atoms with van der Waals surface area (Å²) >= 11 is 12.6. The first-order chi connectivity index (χ1) is 14.9. The number of hydrazone groups is 1. The molecule has 2 aromatic carbocycles. The highest BCUT2D eigenvalue weighted by Gasteiger charge is 2.40. The van der Waals surface area contributed by atoms with Gasteiger partial charge in [0.1, 0.15) is 11.5 Å². The molecule has 0 aromatic heterocycles. The third kappa shape index (κ3) is 4.81. The fraction of sp³-hybridized carbons (Fsp3) is 0.391. The summed E-state index contributed by atoms with van der Waals surface area (Å²) in [6.45, 7) is 3.69. The second kappa shape index (κ2) is 9.47. The minimum Gasteiger partial charge on any atom is -0.508 e. The highest BCUT2D eigenvalue weighted by molar-refractivity contribution is 6.41. The Morgan fingerprint density at radius 1 is 1.06 bits per heavy atom. The number of benzene rings is 2. The van der Waals surface area contributed by atoms with Crippen molar-refractivity contribution in [2.45, 2.75) is 38.6 Å². The van der Waals surface area contributed by atoms with Crippen molar-refractivity contribution in [3.63, 3.8) is 0 Å². The maximum absolute atomic E-state index is 13.2. The average Bonchev–Trinajstić information content (AvgIpc) is 2.89. The molecule has 2 aromatic rings. The summed E-state index contributed by atoms with van der Waals surface area (Å²) in [5.41, 5.74) is 5.11. The van der Waals surface area contributed by atoms with Crippen LogP contribution in [-0.4, -0.2) is 34.8 Å². The maximum atomic E-state index is 13.2. The first kappa shape index (κ1) is 21.9. The second-order valence-corrected chi connectivity index (χ2v) is 8.94. The summed E-state index contributed by atoms with van der Waals surface area (Å²) in [6, 6.07) is 12.0. The van der Waals surface area contributed by atoms with Gasteiger partial charge < -0.3 is 5.11 Å². The van der Waals surface area contributed by atoms with Crippen LogP contribution in [0, 0.1) is 5.92 Å². The molecule has 2 atom stereocenters. The molecule has 2 heterocycles. The highest BCUT2D eigenvalue weighted by Crippen LogP contribution is 2.42. The third-order valence-electron chi connectivity index (χ3n) is 5.87. The lowest BCUT2D eigenvalue weighted by atomic mass is 9.91. The van der Waals surface area contributed by atoms with Crippen LogP contribution in [0.25, 0.3) is 0 Å². The van der Waals surface area contributed by atoms with E-state index in [1.165, 1.54) is 12.8 Å². The second-order valence-electron chi connectivity index (χ2n) is 8.09. The van der Waals surface area contributed by atoms with E-state index >= 15 is 0 Å². The van der Waals surface area contributed by atoms with Crippen molar-refractivity contribution in [2.75, 3.05) is 18.1 Å². The number of carbonyl (C=O) groups excluding carboxylic acids is 1. The fourth-order valence-electron chi connectivity index (χ4n) is 4.24. The van der Waals surface area contributed by atoms with E-state index in [0.29, 0.717) is 21.4 Å². The molecule has 2 aliphatic rings. The summed E-state index contributed by atoms with van der Waals surface area (Å²) in [5.74, 6) is -0.195. The van der Waals surface area contributed by atoms with Crippen LogP contribution in [0.4, 0.5) is 5.69 Å². The van der Waals surface area contributed by atoms with Gasteiger partial charge in [0, 0.05) is 24.0 Å². The number of amides is 1. The predicted octanol–water partition coefficient (Wildman–Crippen LogP) is 5.16. The van der Waals surface area contributed by atoms with Crippen LogP contribution in [-0.2, 0) is 4.79 Å². The minimum absolute atomic E-state index is 0.186. The minimum atomic E-state index is -0.246. The normalized spacial score (nSPS) is 22.2. The maximum Gasteiger partial charge on any atom is 0.282 e. The van der Waals surface area contributed by atoms with Crippen molar-refractivity contribution in [3.05, 3.63) is 58.1 Å². The van der Waals surface area contributed by atoms with Gasteiger partial charge in [0.25, 0.3) is 5.91 Å². The van der Waals surface area contributed by atoms with E-state index in [2.05, 4.69) is 5.43 Å². The van der Waals surface area contributed by atoms with Crippen LogP contribution in [0.3, 0.4) is 0 Å². The summed E-state index contributed by atoms with van der Waals surface area (Å²) in [4.78, 5) is 13.2. The first-order valence-electron chi connectivity index (χ1n) is 10.6. The van der Waals surface area contributed by atoms with Crippen molar-refractivity contribution in [1.82, 2.24) is 10.4 Å². The van der Waals surface area contributed by atoms with Crippen molar-refractivity contribution in [2.24, 2.45) is 11.0 Å². The molecule has 1 fully saturated rings. The molecule has 2 aliphatic heterocycles. The number of phenols is 1. The largest absolute Gasteiger partial charge is 0.508 e. The quantitative estimate of drug-likeness (QED) is 0.660. The van der Waals surface area contributed by atoms with Crippen molar-refractivity contribution >= 4 is 40.5 Å².